The minimum atomic E-state index is -1.21. The summed E-state index contributed by atoms with van der Waals surface area (Å²) in [5, 5.41) is 5.22. The van der Waals surface area contributed by atoms with Crippen LogP contribution in [0.2, 0.25) is 0 Å². The Balaban J connectivity index is 0.000000289. The Kier molecular flexibility index (Phi) is 12.9. The highest BCUT2D eigenvalue weighted by molar-refractivity contribution is 9.10. The molecule has 0 bridgehead atoms. The molecule has 2 amide bonds. The molecule has 1 aliphatic rings. The van der Waals surface area contributed by atoms with Gasteiger partial charge in [0.05, 0.1) is 31.5 Å². The maximum absolute atomic E-state index is 13.2. The maximum atomic E-state index is 13.2. The van der Waals surface area contributed by atoms with E-state index in [9.17, 15) is 37.5 Å². The van der Waals surface area contributed by atoms with E-state index in [4.69, 9.17) is 4.74 Å². The first-order chi connectivity index (χ1) is 19.2. The normalized spacial score (nSPS) is 17.0. The van der Waals surface area contributed by atoms with Crippen molar-refractivity contribution in [1.29, 1.82) is 0 Å². The lowest BCUT2D eigenvalue weighted by atomic mass is 9.87. The number of benzene rings is 2. The molecule has 2 aromatic rings. The van der Waals surface area contributed by atoms with E-state index in [0.717, 1.165) is 0 Å². The van der Waals surface area contributed by atoms with Gasteiger partial charge in [-0.1, -0.05) is 44.0 Å². The van der Waals surface area contributed by atoms with Crippen LogP contribution in [0.4, 0.5) is 8.78 Å². The molecule has 1 unspecified atom stereocenters. The van der Waals surface area contributed by atoms with Crippen molar-refractivity contribution < 1.29 is 42.3 Å². The third-order valence-corrected chi connectivity index (χ3v) is 7.18. The first-order valence-electron chi connectivity index (χ1n) is 12.4. The van der Waals surface area contributed by atoms with Gasteiger partial charge in [0.15, 0.2) is 11.7 Å². The summed E-state index contributed by atoms with van der Waals surface area (Å²) in [6.45, 7) is 4.41. The van der Waals surface area contributed by atoms with Gasteiger partial charge in [-0.05, 0) is 56.2 Å². The lowest BCUT2D eigenvalue weighted by Gasteiger charge is -2.27. The molecule has 1 aliphatic heterocycles. The highest BCUT2D eigenvalue weighted by atomic mass is 79.9. The van der Waals surface area contributed by atoms with Gasteiger partial charge >= 0.3 is 5.97 Å². The summed E-state index contributed by atoms with van der Waals surface area (Å²) in [4.78, 5) is 69.3. The average molecular weight is 702 g/mol. The third-order valence-electron chi connectivity index (χ3n) is 5.81. The zero-order chi connectivity index (χ0) is 30.9. The van der Waals surface area contributed by atoms with Crippen molar-refractivity contribution >= 4 is 67.0 Å². The molecule has 2 N–H and O–H groups in total. The molecule has 41 heavy (non-hydrogen) atoms. The number of amides is 2. The van der Waals surface area contributed by atoms with Gasteiger partial charge in [-0.2, -0.15) is 0 Å². The van der Waals surface area contributed by atoms with Crippen LogP contribution in [0.5, 0.6) is 0 Å². The van der Waals surface area contributed by atoms with Crippen molar-refractivity contribution in [2.24, 2.45) is 5.92 Å². The Labute approximate surface area is 252 Å². The Morgan fingerprint density at radius 3 is 2.15 bits per heavy atom. The summed E-state index contributed by atoms with van der Waals surface area (Å²) in [6.07, 6.45) is -0.361. The molecule has 220 valence electrons. The molecule has 0 aliphatic carbocycles. The molecule has 3 atom stereocenters. The average Bonchev–Trinajstić information content (AvgIpc) is 2.83. The van der Waals surface area contributed by atoms with E-state index in [0.29, 0.717) is 20.1 Å². The first-order valence-corrected chi connectivity index (χ1v) is 14.0. The molecule has 0 spiro atoms. The third kappa shape index (κ3) is 10.2. The van der Waals surface area contributed by atoms with E-state index < -0.39 is 59.0 Å². The number of rotatable bonds is 9. The van der Waals surface area contributed by atoms with E-state index in [-0.39, 0.29) is 31.7 Å². The lowest BCUT2D eigenvalue weighted by molar-refractivity contribution is -0.145. The summed E-state index contributed by atoms with van der Waals surface area (Å²) in [5.41, 5.74) is 1.15. The summed E-state index contributed by atoms with van der Waals surface area (Å²) in [5.74, 6) is -4.81. The summed E-state index contributed by atoms with van der Waals surface area (Å²) >= 11 is 6.40. The SMILES string of the molecule is CC(=O)C1C(=O)C[C@H](c2ccc(F)cc2Br)NC1=O.CCOC(=O)C[C@@H](NC(=O)CC(C)=O)c1ccc(F)cc1Br. The van der Waals surface area contributed by atoms with Crippen molar-refractivity contribution in [3.05, 3.63) is 68.1 Å². The van der Waals surface area contributed by atoms with Crippen molar-refractivity contribution in [3.8, 4) is 0 Å². The second-order valence-corrected chi connectivity index (χ2v) is 10.8. The van der Waals surface area contributed by atoms with Crippen LogP contribution in [0, 0.1) is 17.6 Å². The van der Waals surface area contributed by atoms with Gasteiger partial charge in [0.1, 0.15) is 23.2 Å². The summed E-state index contributed by atoms with van der Waals surface area (Å²) in [7, 11) is 0. The fraction of sp³-hybridized carbons (Fsp3) is 0.357. The Bertz CT molecular complexity index is 1330. The first kappa shape index (κ1) is 33.9. The minimum absolute atomic E-state index is 0.0280. The fourth-order valence-corrected chi connectivity index (χ4v) is 5.29. The van der Waals surface area contributed by atoms with Gasteiger partial charge in [0.25, 0.3) is 0 Å². The molecule has 13 heteroatoms. The Hall–Kier alpha value is -3.32. The van der Waals surface area contributed by atoms with E-state index >= 15 is 0 Å². The fourth-order valence-electron chi connectivity index (χ4n) is 4.04. The maximum Gasteiger partial charge on any atom is 0.308 e. The molecule has 1 fully saturated rings. The van der Waals surface area contributed by atoms with Crippen molar-refractivity contribution in [1.82, 2.24) is 10.6 Å². The zero-order valence-corrected chi connectivity index (χ0v) is 25.6. The van der Waals surface area contributed by atoms with Crippen LogP contribution >= 0.6 is 31.9 Å². The summed E-state index contributed by atoms with van der Waals surface area (Å²) < 4.78 is 32.0. The number of carbonyl (C=O) groups excluding carboxylic acids is 6. The summed E-state index contributed by atoms with van der Waals surface area (Å²) in [6, 6.07) is 6.73. The number of carbonyl (C=O) groups is 6. The molecule has 3 rings (SSSR count). The van der Waals surface area contributed by atoms with E-state index in [1.807, 2.05) is 0 Å². The number of esters is 1. The number of hydrogen-bond donors (Lipinski definition) is 2. The van der Waals surface area contributed by atoms with Crippen molar-refractivity contribution in [2.45, 2.75) is 52.1 Å². The van der Waals surface area contributed by atoms with Crippen LogP contribution in [0.25, 0.3) is 0 Å². The number of halogens is 4. The van der Waals surface area contributed by atoms with E-state index in [1.165, 1.54) is 50.2 Å². The smallest absolute Gasteiger partial charge is 0.308 e. The molecule has 0 saturated carbocycles. The van der Waals surface area contributed by atoms with Gasteiger partial charge in [0, 0.05) is 15.4 Å². The monoisotopic (exact) mass is 700 g/mol. The predicted octanol–water partition coefficient (Wildman–Crippen LogP) is 4.60. The molecule has 0 radical (unpaired) electrons. The lowest BCUT2D eigenvalue weighted by Crippen LogP contribution is -2.47. The molecular weight excluding hydrogens is 674 g/mol. The topological polar surface area (TPSA) is 136 Å². The number of nitrogens with one attached hydrogen (secondary N) is 2. The predicted molar refractivity (Wildman–Crippen MR) is 150 cm³/mol. The molecule has 0 aromatic heterocycles. The van der Waals surface area contributed by atoms with Crippen molar-refractivity contribution in [3.63, 3.8) is 0 Å². The number of hydrogen-bond acceptors (Lipinski definition) is 7. The zero-order valence-electron chi connectivity index (χ0n) is 22.4. The van der Waals surface area contributed by atoms with Crippen LogP contribution in [-0.2, 0) is 33.5 Å². The molecule has 1 heterocycles. The van der Waals surface area contributed by atoms with E-state index in [2.05, 4.69) is 42.5 Å². The van der Waals surface area contributed by atoms with Crippen LogP contribution < -0.4 is 10.6 Å². The standard InChI is InChI=1S/C15H17BrFNO4.C13H11BrFNO3/c1-3-22-15(21)8-13(18-14(20)6-9(2)19)11-5-4-10(17)7-12(11)16;1-6(17)12-11(18)5-10(16-13(12)19)8-3-2-7(15)4-9(8)14/h4-5,7,13H,3,6,8H2,1-2H3,(H,18,20);2-4,10,12H,5H2,1H3,(H,16,19)/t13-;10-,12?/m11/s1. The quantitative estimate of drug-likeness (QED) is 0.288. The number of Topliss-reactive ketones (excluding diaryl/α,β-unsaturated/α-hetero) is 3. The largest absolute Gasteiger partial charge is 0.466 e. The van der Waals surface area contributed by atoms with Gasteiger partial charge < -0.3 is 15.4 Å². The molecular formula is C28H28Br2F2N2O7. The second kappa shape index (κ2) is 15.6. The number of ketones is 3. The van der Waals surface area contributed by atoms with Crippen LogP contribution in [0.3, 0.4) is 0 Å². The molecule has 9 nitrogen and oxygen atoms in total. The number of ether oxygens (including phenoxy) is 1. The number of piperidine rings is 1. The van der Waals surface area contributed by atoms with Gasteiger partial charge in [-0.3, -0.25) is 28.8 Å². The van der Waals surface area contributed by atoms with Crippen LogP contribution in [-0.4, -0.2) is 41.7 Å². The van der Waals surface area contributed by atoms with E-state index in [1.54, 1.807) is 6.92 Å². The van der Waals surface area contributed by atoms with Gasteiger partial charge in [0.2, 0.25) is 11.8 Å². The Morgan fingerprint density at radius 1 is 1.02 bits per heavy atom. The van der Waals surface area contributed by atoms with Gasteiger partial charge in [-0.15, -0.1) is 0 Å². The molecule has 2 aromatic carbocycles. The highest BCUT2D eigenvalue weighted by Gasteiger charge is 2.39. The molecule has 1 saturated heterocycles. The van der Waals surface area contributed by atoms with Crippen molar-refractivity contribution in [2.75, 3.05) is 6.61 Å². The van der Waals surface area contributed by atoms with Crippen LogP contribution in [0.1, 0.15) is 63.2 Å². The minimum Gasteiger partial charge on any atom is -0.466 e. The Morgan fingerprint density at radius 2 is 1.63 bits per heavy atom. The highest BCUT2D eigenvalue weighted by Crippen LogP contribution is 2.30. The van der Waals surface area contributed by atoms with Crippen LogP contribution in [0.15, 0.2) is 45.3 Å². The second-order valence-electron chi connectivity index (χ2n) is 9.11. The van der Waals surface area contributed by atoms with Gasteiger partial charge in [-0.25, -0.2) is 8.78 Å².